The van der Waals surface area contributed by atoms with E-state index in [0.717, 1.165) is 0 Å². The minimum absolute atomic E-state index is 0.0354. The first-order valence-electron chi connectivity index (χ1n) is 6.05. The molecule has 1 amide bonds. The summed E-state index contributed by atoms with van der Waals surface area (Å²) in [7, 11) is 1.66. The van der Waals surface area contributed by atoms with Gasteiger partial charge in [0.05, 0.1) is 15.6 Å². The Kier molecular flexibility index (Phi) is 4.39. The van der Waals surface area contributed by atoms with Gasteiger partial charge < -0.3 is 10.6 Å². The summed E-state index contributed by atoms with van der Waals surface area (Å²) in [5.41, 5.74) is 0.698. The molecule has 0 bridgehead atoms. The first kappa shape index (κ1) is 14.8. The third-order valence-corrected chi connectivity index (χ3v) is 3.18. The zero-order valence-corrected chi connectivity index (χ0v) is 11.8. The molecule has 2 rings (SSSR count). The average Bonchev–Trinajstić information content (AvgIpc) is 2.48. The highest BCUT2D eigenvalue weighted by molar-refractivity contribution is 6.34. The third kappa shape index (κ3) is 3.29. The average molecular weight is 306 g/mol. The molecular weight excluding hydrogens is 294 g/mol. The van der Waals surface area contributed by atoms with Crippen LogP contribution < -0.4 is 10.6 Å². The van der Waals surface area contributed by atoms with Gasteiger partial charge in [0.2, 0.25) is 0 Å². The van der Waals surface area contributed by atoms with Crippen LogP contribution in [-0.4, -0.2) is 17.9 Å². The van der Waals surface area contributed by atoms with E-state index in [2.05, 4.69) is 10.6 Å². The van der Waals surface area contributed by atoms with Crippen molar-refractivity contribution in [1.82, 2.24) is 0 Å². The van der Waals surface area contributed by atoms with Gasteiger partial charge in [0.1, 0.15) is 5.56 Å². The fraction of sp³-hybridized carbons (Fsp3) is 0.0714. The highest BCUT2D eigenvalue weighted by Crippen LogP contribution is 2.26. The molecule has 7 heteroatoms. The number of amides is 1. The Morgan fingerprint density at radius 1 is 1.24 bits per heavy atom. The SMILES string of the molecule is CNc1ccc([N+](=O)[O-])c(C(=O)Nc2ccccc2Cl)c1. The van der Waals surface area contributed by atoms with Crippen molar-refractivity contribution in [2.24, 2.45) is 0 Å². The number of benzene rings is 2. The van der Waals surface area contributed by atoms with Crippen LogP contribution in [-0.2, 0) is 0 Å². The Morgan fingerprint density at radius 3 is 2.57 bits per heavy atom. The van der Waals surface area contributed by atoms with Crippen LogP contribution in [0.3, 0.4) is 0 Å². The zero-order chi connectivity index (χ0) is 15.4. The summed E-state index contributed by atoms with van der Waals surface area (Å²) in [6.07, 6.45) is 0. The molecule has 0 aliphatic rings. The van der Waals surface area contributed by atoms with Crippen LogP contribution in [0.25, 0.3) is 0 Å². The second-order valence-corrected chi connectivity index (χ2v) is 4.58. The van der Waals surface area contributed by atoms with Crippen LogP contribution in [0.1, 0.15) is 10.4 Å². The summed E-state index contributed by atoms with van der Waals surface area (Å²) in [6.45, 7) is 0. The maximum atomic E-state index is 12.3. The second kappa shape index (κ2) is 6.23. The molecule has 108 valence electrons. The molecule has 2 aromatic carbocycles. The molecule has 0 spiro atoms. The lowest BCUT2D eigenvalue weighted by molar-refractivity contribution is -0.385. The quantitative estimate of drug-likeness (QED) is 0.668. The fourth-order valence-electron chi connectivity index (χ4n) is 1.78. The highest BCUT2D eigenvalue weighted by Gasteiger charge is 2.21. The van der Waals surface area contributed by atoms with E-state index in [4.69, 9.17) is 11.6 Å². The van der Waals surface area contributed by atoms with Gasteiger partial charge in [0, 0.05) is 18.8 Å². The van der Waals surface area contributed by atoms with Gasteiger partial charge in [0.15, 0.2) is 0 Å². The molecule has 0 atom stereocenters. The lowest BCUT2D eigenvalue weighted by atomic mass is 10.1. The van der Waals surface area contributed by atoms with Crippen LogP contribution >= 0.6 is 11.6 Å². The van der Waals surface area contributed by atoms with Gasteiger partial charge in [-0.1, -0.05) is 23.7 Å². The van der Waals surface area contributed by atoms with Crippen molar-refractivity contribution in [1.29, 1.82) is 0 Å². The molecule has 0 saturated carbocycles. The molecule has 0 unspecified atom stereocenters. The van der Waals surface area contributed by atoms with Crippen molar-refractivity contribution < 1.29 is 9.72 Å². The Morgan fingerprint density at radius 2 is 1.95 bits per heavy atom. The number of halogens is 1. The number of para-hydroxylation sites is 1. The number of nitro benzene ring substituents is 1. The van der Waals surface area contributed by atoms with Gasteiger partial charge in [-0.05, 0) is 24.3 Å². The molecule has 0 aliphatic carbocycles. The number of carbonyl (C=O) groups excluding carboxylic acids is 1. The molecule has 2 aromatic rings. The fourth-order valence-corrected chi connectivity index (χ4v) is 1.97. The molecule has 0 aliphatic heterocycles. The second-order valence-electron chi connectivity index (χ2n) is 4.17. The molecule has 0 fully saturated rings. The first-order chi connectivity index (χ1) is 10.0. The van der Waals surface area contributed by atoms with Crippen LogP contribution in [0.4, 0.5) is 17.1 Å². The minimum atomic E-state index is -0.596. The van der Waals surface area contributed by atoms with E-state index in [1.807, 2.05) is 0 Å². The van der Waals surface area contributed by atoms with E-state index >= 15 is 0 Å². The van der Waals surface area contributed by atoms with Gasteiger partial charge in [0.25, 0.3) is 11.6 Å². The summed E-state index contributed by atoms with van der Waals surface area (Å²) >= 11 is 5.96. The first-order valence-corrected chi connectivity index (χ1v) is 6.43. The Bertz CT molecular complexity index is 704. The Labute approximate surface area is 125 Å². The van der Waals surface area contributed by atoms with Crippen molar-refractivity contribution in [3.8, 4) is 0 Å². The van der Waals surface area contributed by atoms with Crippen molar-refractivity contribution in [3.63, 3.8) is 0 Å². The normalized spacial score (nSPS) is 10.0. The lowest BCUT2D eigenvalue weighted by Gasteiger charge is -2.09. The number of rotatable bonds is 4. The number of carbonyl (C=O) groups is 1. The summed E-state index contributed by atoms with van der Waals surface area (Å²) in [5, 5.41) is 16.8. The summed E-state index contributed by atoms with van der Waals surface area (Å²) < 4.78 is 0. The Balaban J connectivity index is 2.38. The van der Waals surface area contributed by atoms with Crippen molar-refractivity contribution >= 4 is 34.6 Å². The standard InChI is InChI=1S/C14H12ClN3O3/c1-16-9-6-7-13(18(20)21)10(8-9)14(19)17-12-5-3-2-4-11(12)15/h2-8,16H,1H3,(H,17,19). The largest absolute Gasteiger partial charge is 0.388 e. The van der Waals surface area contributed by atoms with Crippen LogP contribution in [0.2, 0.25) is 5.02 Å². The van der Waals surface area contributed by atoms with Crippen molar-refractivity contribution in [2.45, 2.75) is 0 Å². The third-order valence-electron chi connectivity index (χ3n) is 2.85. The van der Waals surface area contributed by atoms with E-state index in [-0.39, 0.29) is 11.3 Å². The molecule has 21 heavy (non-hydrogen) atoms. The van der Waals surface area contributed by atoms with E-state index in [0.29, 0.717) is 16.4 Å². The van der Waals surface area contributed by atoms with Crippen molar-refractivity contribution in [3.05, 3.63) is 63.2 Å². The number of hydrogen-bond acceptors (Lipinski definition) is 4. The monoisotopic (exact) mass is 305 g/mol. The number of nitrogens with one attached hydrogen (secondary N) is 2. The molecular formula is C14H12ClN3O3. The molecule has 6 nitrogen and oxygen atoms in total. The number of hydrogen-bond donors (Lipinski definition) is 2. The number of anilines is 2. The zero-order valence-electron chi connectivity index (χ0n) is 11.1. The van der Waals surface area contributed by atoms with E-state index < -0.39 is 10.8 Å². The minimum Gasteiger partial charge on any atom is -0.388 e. The topological polar surface area (TPSA) is 84.3 Å². The van der Waals surface area contributed by atoms with Gasteiger partial charge in [-0.3, -0.25) is 14.9 Å². The van der Waals surface area contributed by atoms with Gasteiger partial charge >= 0.3 is 0 Å². The van der Waals surface area contributed by atoms with Crippen LogP contribution in [0.15, 0.2) is 42.5 Å². The summed E-state index contributed by atoms with van der Waals surface area (Å²) in [4.78, 5) is 22.7. The number of nitro groups is 1. The molecule has 0 aromatic heterocycles. The van der Waals surface area contributed by atoms with Crippen LogP contribution in [0, 0.1) is 10.1 Å². The summed E-state index contributed by atoms with van der Waals surface area (Å²) in [5.74, 6) is -0.591. The lowest BCUT2D eigenvalue weighted by Crippen LogP contribution is -2.14. The number of nitrogens with zero attached hydrogens (tertiary/aromatic N) is 1. The van der Waals surface area contributed by atoms with Crippen LogP contribution in [0.5, 0.6) is 0 Å². The van der Waals surface area contributed by atoms with E-state index in [1.165, 1.54) is 18.2 Å². The van der Waals surface area contributed by atoms with Gasteiger partial charge in [-0.25, -0.2) is 0 Å². The molecule has 2 N–H and O–H groups in total. The highest BCUT2D eigenvalue weighted by atomic mass is 35.5. The maximum Gasteiger partial charge on any atom is 0.282 e. The van der Waals surface area contributed by atoms with E-state index in [1.54, 1.807) is 31.3 Å². The molecule has 0 saturated heterocycles. The smallest absolute Gasteiger partial charge is 0.282 e. The van der Waals surface area contributed by atoms with E-state index in [9.17, 15) is 14.9 Å². The van der Waals surface area contributed by atoms with Gasteiger partial charge in [-0.2, -0.15) is 0 Å². The molecule has 0 heterocycles. The molecule has 0 radical (unpaired) electrons. The maximum absolute atomic E-state index is 12.3. The van der Waals surface area contributed by atoms with Crippen molar-refractivity contribution in [2.75, 3.05) is 17.7 Å². The predicted molar refractivity (Wildman–Crippen MR) is 82.0 cm³/mol. The predicted octanol–water partition coefficient (Wildman–Crippen LogP) is 3.54. The summed E-state index contributed by atoms with van der Waals surface area (Å²) in [6, 6.07) is 10.9. The van der Waals surface area contributed by atoms with Gasteiger partial charge in [-0.15, -0.1) is 0 Å². The Hall–Kier alpha value is -2.60.